The quantitative estimate of drug-likeness (QED) is 0.197. The molecule has 4 aromatic rings. The van der Waals surface area contributed by atoms with Gasteiger partial charge in [-0.05, 0) is 116 Å². The van der Waals surface area contributed by atoms with Crippen LogP contribution in [0.5, 0.6) is 0 Å². The third kappa shape index (κ3) is 5.08. The summed E-state index contributed by atoms with van der Waals surface area (Å²) in [5.74, 6) is 4.82. The molecule has 0 fully saturated rings. The fraction of sp³-hybridized carbons (Fsp3) is 0.381. The zero-order valence-corrected chi connectivity index (χ0v) is 31.1. The summed E-state index contributed by atoms with van der Waals surface area (Å²) in [4.78, 5) is 5.61. The van der Waals surface area contributed by atoms with E-state index >= 15 is 0 Å². The Labute approximate surface area is 292 Å². The molecule has 6 atom stereocenters. The highest BCUT2D eigenvalue weighted by atomic mass is 32.2. The normalized spacial score (nSPS) is 28.4. The molecule has 0 spiro atoms. The summed E-state index contributed by atoms with van der Waals surface area (Å²) in [6.07, 6.45) is 6.81. The third-order valence-corrected chi connectivity index (χ3v) is 17.1. The highest BCUT2D eigenvalue weighted by Crippen LogP contribution is 2.62. The van der Waals surface area contributed by atoms with Crippen molar-refractivity contribution in [3.05, 3.63) is 105 Å². The van der Waals surface area contributed by atoms with Crippen LogP contribution in [0.25, 0.3) is 21.5 Å². The van der Waals surface area contributed by atoms with E-state index < -0.39 is 0 Å². The first-order valence-corrected chi connectivity index (χ1v) is 20.3. The van der Waals surface area contributed by atoms with Crippen LogP contribution in [-0.2, 0) is 0 Å². The van der Waals surface area contributed by atoms with Crippen molar-refractivity contribution in [2.45, 2.75) is 97.6 Å². The highest BCUT2D eigenvalue weighted by Gasteiger charge is 2.35. The van der Waals surface area contributed by atoms with Gasteiger partial charge >= 0.3 is 0 Å². The van der Waals surface area contributed by atoms with Crippen LogP contribution in [0.4, 0.5) is 0 Å². The number of hydrogen-bond donors (Lipinski definition) is 0. The lowest BCUT2D eigenvalue weighted by Crippen LogP contribution is -2.25. The van der Waals surface area contributed by atoms with Crippen molar-refractivity contribution in [3.63, 3.8) is 0 Å². The van der Waals surface area contributed by atoms with E-state index in [0.717, 1.165) is 0 Å². The minimum atomic E-state index is 0.448. The molecule has 4 heteroatoms. The average molecular weight is 677 g/mol. The number of allylic oxidation sites excluding steroid dienone is 2. The molecule has 2 aliphatic heterocycles. The molecular weight excluding hydrogens is 633 g/mol. The Kier molecular flexibility index (Phi) is 8.07. The molecule has 0 saturated carbocycles. The van der Waals surface area contributed by atoms with Crippen molar-refractivity contribution in [2.24, 2.45) is 23.7 Å². The predicted molar refractivity (Wildman–Crippen MR) is 207 cm³/mol. The van der Waals surface area contributed by atoms with Crippen LogP contribution in [0.3, 0.4) is 0 Å². The Balaban J connectivity index is 1.12. The van der Waals surface area contributed by atoms with Gasteiger partial charge in [-0.3, -0.25) is 0 Å². The molecule has 46 heavy (non-hydrogen) atoms. The summed E-state index contributed by atoms with van der Waals surface area (Å²) in [5.41, 5.74) is 6.08. The van der Waals surface area contributed by atoms with Gasteiger partial charge in [-0.2, -0.15) is 0 Å². The van der Waals surface area contributed by atoms with E-state index in [4.69, 9.17) is 0 Å². The van der Waals surface area contributed by atoms with Gasteiger partial charge in [0.1, 0.15) is 0 Å². The molecule has 6 unspecified atom stereocenters. The van der Waals surface area contributed by atoms with E-state index in [9.17, 15) is 0 Å². The summed E-state index contributed by atoms with van der Waals surface area (Å²) in [6, 6.07) is 19.8. The number of fused-ring (bicyclic) bond motifs is 6. The zero-order chi connectivity index (χ0) is 32.0. The van der Waals surface area contributed by atoms with Crippen molar-refractivity contribution >= 4 is 68.6 Å². The Morgan fingerprint density at radius 1 is 0.522 bits per heavy atom. The maximum Gasteiger partial charge on any atom is 0.0706 e. The molecule has 0 radical (unpaired) electrons. The van der Waals surface area contributed by atoms with E-state index in [2.05, 4.69) is 115 Å². The lowest BCUT2D eigenvalue weighted by molar-refractivity contribution is 0.283. The molecule has 0 N–H and O–H groups in total. The summed E-state index contributed by atoms with van der Waals surface area (Å²) < 4.78 is 2.86. The maximum absolute atomic E-state index is 4.25. The molecule has 0 aromatic heterocycles. The minimum absolute atomic E-state index is 0.448. The molecule has 2 aliphatic carbocycles. The molecule has 2 heterocycles. The summed E-state index contributed by atoms with van der Waals surface area (Å²) in [5, 5.41) is 5.51. The van der Waals surface area contributed by atoms with E-state index in [0.29, 0.717) is 47.3 Å². The van der Waals surface area contributed by atoms with Gasteiger partial charge in [0.15, 0.2) is 0 Å². The van der Waals surface area contributed by atoms with E-state index in [-0.39, 0.29) is 0 Å². The molecule has 4 aromatic carbocycles. The van der Waals surface area contributed by atoms with Gasteiger partial charge in [-0.15, -0.1) is 13.2 Å². The largest absolute Gasteiger partial charge is 0.102 e. The van der Waals surface area contributed by atoms with Gasteiger partial charge in [0.25, 0.3) is 0 Å². The molecular formula is C42H44S4. The van der Waals surface area contributed by atoms with Crippen LogP contribution in [-0.4, -0.2) is 0 Å². The van der Waals surface area contributed by atoms with Gasteiger partial charge in [-0.25, -0.2) is 0 Å². The van der Waals surface area contributed by atoms with Crippen LogP contribution in [0.1, 0.15) is 100 Å². The smallest absolute Gasteiger partial charge is 0.0706 e. The van der Waals surface area contributed by atoms with Gasteiger partial charge in [0.2, 0.25) is 0 Å². The third-order valence-electron chi connectivity index (χ3n) is 11.6. The second-order valence-corrected chi connectivity index (χ2v) is 19.5. The van der Waals surface area contributed by atoms with Crippen molar-refractivity contribution < 1.29 is 0 Å². The van der Waals surface area contributed by atoms with Crippen molar-refractivity contribution in [1.29, 1.82) is 0 Å². The topological polar surface area (TPSA) is 0 Å². The molecule has 8 rings (SSSR count). The predicted octanol–water partition coefficient (Wildman–Crippen LogP) is 14.3. The number of rotatable bonds is 4. The van der Waals surface area contributed by atoms with Gasteiger partial charge in [-0.1, -0.05) is 125 Å². The van der Waals surface area contributed by atoms with Crippen molar-refractivity contribution in [1.82, 2.24) is 0 Å². The van der Waals surface area contributed by atoms with E-state index in [1.165, 1.54) is 84.7 Å². The first-order valence-electron chi connectivity index (χ1n) is 17.1. The molecule has 236 valence electrons. The molecule has 0 saturated heterocycles. The lowest BCUT2D eigenvalue weighted by atomic mass is 9.67. The number of benzene rings is 4. The maximum atomic E-state index is 4.25. The Bertz CT molecular complexity index is 1820. The van der Waals surface area contributed by atoms with Crippen LogP contribution in [0.2, 0.25) is 0 Å². The number of thioether (sulfide) groups is 4. The number of hydrogen-bond acceptors (Lipinski definition) is 4. The lowest BCUT2D eigenvalue weighted by Gasteiger charge is -2.38. The SMILES string of the molecule is C=CC1CC(C(C)C)C(C)c2cc3cc4c(cc3cc21)S/C(=C1/Sc2cc3cc5c(cc3cc2S1)C(C)C(C(C)C)CC5C=C)S4. The highest BCUT2D eigenvalue weighted by molar-refractivity contribution is 8.30. The Morgan fingerprint density at radius 3 is 1.11 bits per heavy atom. The zero-order valence-electron chi connectivity index (χ0n) is 27.9. The fourth-order valence-electron chi connectivity index (χ4n) is 8.90. The van der Waals surface area contributed by atoms with Gasteiger partial charge in [0, 0.05) is 31.4 Å². The summed E-state index contributed by atoms with van der Waals surface area (Å²) in [7, 11) is 0. The Hall–Kier alpha value is -1.98. The van der Waals surface area contributed by atoms with Crippen LogP contribution < -0.4 is 0 Å². The monoisotopic (exact) mass is 676 g/mol. The van der Waals surface area contributed by atoms with Gasteiger partial charge in [0.05, 0.1) is 8.47 Å². The second-order valence-electron chi connectivity index (χ2n) is 14.8. The second kappa shape index (κ2) is 11.9. The molecule has 0 amide bonds. The fourth-order valence-corrected chi connectivity index (χ4v) is 14.3. The van der Waals surface area contributed by atoms with E-state index in [1.54, 1.807) is 0 Å². The van der Waals surface area contributed by atoms with E-state index in [1.807, 2.05) is 47.0 Å². The first-order chi connectivity index (χ1) is 22.1. The van der Waals surface area contributed by atoms with Gasteiger partial charge < -0.3 is 0 Å². The van der Waals surface area contributed by atoms with Crippen molar-refractivity contribution in [2.75, 3.05) is 0 Å². The molecule has 0 nitrogen and oxygen atoms in total. The Morgan fingerprint density at radius 2 is 0.826 bits per heavy atom. The first kappa shape index (κ1) is 31.3. The summed E-state index contributed by atoms with van der Waals surface area (Å²) >= 11 is 7.88. The van der Waals surface area contributed by atoms with Crippen molar-refractivity contribution in [3.8, 4) is 0 Å². The minimum Gasteiger partial charge on any atom is -0.102 e. The standard InChI is InChI=1S/C42H44S4/c1-9-25-11-31(21(3)4)23(7)33-13-27-17-37-39(19-29(27)15-35(25)33)45-41(43-37)42-44-38-18-28-14-34-24(8)32(22(5)6)12-26(10-2)36(34)16-30(28)20-40(38)46-42/h9-10,13-26,31-32H,1-2,11-12H2,3-8H3/b42-41+. The average Bonchev–Trinajstić information content (AvgIpc) is 3.64. The molecule has 0 bridgehead atoms. The van der Waals surface area contributed by atoms with Crippen LogP contribution >= 0.6 is 47.0 Å². The summed E-state index contributed by atoms with van der Waals surface area (Å²) in [6.45, 7) is 22.9. The van der Waals surface area contributed by atoms with Crippen LogP contribution in [0.15, 0.2) is 102 Å². The van der Waals surface area contributed by atoms with Crippen LogP contribution in [0, 0.1) is 23.7 Å². The molecule has 4 aliphatic rings.